The first-order valence-corrected chi connectivity index (χ1v) is 6.75. The van der Waals surface area contributed by atoms with Crippen LogP contribution in [0.5, 0.6) is 0 Å². The Hall–Kier alpha value is -2.02. The van der Waals surface area contributed by atoms with Gasteiger partial charge in [0.2, 0.25) is 0 Å². The highest BCUT2D eigenvalue weighted by Crippen LogP contribution is 2.40. The standard InChI is InChI=1S/C17H14OS/c1-2-13-17(14-18,15-9-5-3-6-10-15)19-16-11-7-4-8-12-16/h3-14H,1H2. The van der Waals surface area contributed by atoms with Gasteiger partial charge in [-0.25, -0.2) is 0 Å². The van der Waals surface area contributed by atoms with Crippen molar-refractivity contribution in [3.63, 3.8) is 0 Å². The van der Waals surface area contributed by atoms with E-state index in [4.69, 9.17) is 0 Å². The van der Waals surface area contributed by atoms with Crippen LogP contribution in [0.3, 0.4) is 0 Å². The quantitative estimate of drug-likeness (QED) is 0.458. The topological polar surface area (TPSA) is 17.1 Å². The molecule has 2 aromatic rings. The van der Waals surface area contributed by atoms with Gasteiger partial charge in [-0.2, -0.15) is 0 Å². The Morgan fingerprint density at radius 2 is 1.58 bits per heavy atom. The van der Waals surface area contributed by atoms with E-state index in [1.807, 2.05) is 60.7 Å². The van der Waals surface area contributed by atoms with E-state index in [9.17, 15) is 4.79 Å². The molecule has 1 atom stereocenters. The van der Waals surface area contributed by atoms with E-state index < -0.39 is 4.75 Å². The molecule has 0 spiro atoms. The average Bonchev–Trinajstić information content (AvgIpc) is 2.49. The van der Waals surface area contributed by atoms with Crippen LogP contribution in [0.1, 0.15) is 5.56 Å². The summed E-state index contributed by atoms with van der Waals surface area (Å²) in [6.45, 7) is 3.61. The zero-order chi connectivity index (χ0) is 13.6. The fraction of sp³-hybridized carbons (Fsp3) is 0.0588. The third-order valence-corrected chi connectivity index (χ3v) is 4.04. The maximum atomic E-state index is 11.7. The number of benzene rings is 2. The number of rotatable bonds is 5. The lowest BCUT2D eigenvalue weighted by Gasteiger charge is -2.23. The molecular formula is C17H14OS. The van der Waals surface area contributed by atoms with Crippen molar-refractivity contribution in [2.24, 2.45) is 0 Å². The molecule has 0 aliphatic carbocycles. The van der Waals surface area contributed by atoms with Crippen molar-refractivity contribution < 1.29 is 4.79 Å². The summed E-state index contributed by atoms with van der Waals surface area (Å²) in [5.41, 5.74) is 3.68. The van der Waals surface area contributed by atoms with Crippen molar-refractivity contribution >= 4 is 18.0 Å². The van der Waals surface area contributed by atoms with Crippen molar-refractivity contribution in [2.75, 3.05) is 0 Å². The SMILES string of the molecule is C=C=CC(C=O)(Sc1ccccc1)c1ccccc1. The molecule has 2 aromatic carbocycles. The summed E-state index contributed by atoms with van der Waals surface area (Å²) in [6, 6.07) is 19.5. The lowest BCUT2D eigenvalue weighted by atomic mass is 10.00. The third kappa shape index (κ3) is 3.05. The van der Waals surface area contributed by atoms with Gasteiger partial charge in [0.15, 0.2) is 0 Å². The van der Waals surface area contributed by atoms with Gasteiger partial charge in [0.1, 0.15) is 11.0 Å². The van der Waals surface area contributed by atoms with Gasteiger partial charge in [0, 0.05) is 4.90 Å². The van der Waals surface area contributed by atoms with E-state index in [-0.39, 0.29) is 0 Å². The van der Waals surface area contributed by atoms with Crippen molar-refractivity contribution in [1.29, 1.82) is 0 Å². The summed E-state index contributed by atoms with van der Waals surface area (Å²) in [7, 11) is 0. The lowest BCUT2D eigenvalue weighted by Crippen LogP contribution is -2.20. The number of aldehydes is 1. The minimum absolute atomic E-state index is 0.773. The smallest absolute Gasteiger partial charge is 0.145 e. The maximum absolute atomic E-state index is 11.7. The minimum Gasteiger partial charge on any atom is -0.301 e. The summed E-state index contributed by atoms with van der Waals surface area (Å²) >= 11 is 1.49. The van der Waals surface area contributed by atoms with Gasteiger partial charge >= 0.3 is 0 Å². The largest absolute Gasteiger partial charge is 0.301 e. The van der Waals surface area contributed by atoms with E-state index in [0.717, 1.165) is 16.7 Å². The number of thioether (sulfide) groups is 1. The number of hydrogen-bond acceptors (Lipinski definition) is 2. The highest BCUT2D eigenvalue weighted by Gasteiger charge is 2.30. The highest BCUT2D eigenvalue weighted by atomic mass is 32.2. The second kappa shape index (κ2) is 6.24. The molecule has 94 valence electrons. The first kappa shape index (κ1) is 13.4. The molecule has 0 aliphatic rings. The average molecular weight is 266 g/mol. The van der Waals surface area contributed by atoms with Crippen molar-refractivity contribution in [2.45, 2.75) is 9.64 Å². The molecule has 0 saturated carbocycles. The predicted octanol–water partition coefficient (Wildman–Crippen LogP) is 4.21. The fourth-order valence-corrected chi connectivity index (χ4v) is 2.96. The van der Waals surface area contributed by atoms with Gasteiger partial charge < -0.3 is 4.79 Å². The van der Waals surface area contributed by atoms with Crippen LogP contribution in [-0.2, 0) is 9.54 Å². The van der Waals surface area contributed by atoms with Gasteiger partial charge in [-0.05, 0) is 23.8 Å². The summed E-state index contributed by atoms with van der Waals surface area (Å²) in [5.74, 6) is 0. The number of carbonyl (C=O) groups is 1. The molecule has 0 saturated heterocycles. The Balaban J connectivity index is 2.46. The molecule has 2 rings (SSSR count). The minimum atomic E-state index is -0.773. The second-order valence-corrected chi connectivity index (χ2v) is 5.39. The molecule has 0 radical (unpaired) electrons. The molecule has 0 heterocycles. The van der Waals surface area contributed by atoms with E-state index in [2.05, 4.69) is 12.3 Å². The number of hydrogen-bond donors (Lipinski definition) is 0. The summed E-state index contributed by atoms with van der Waals surface area (Å²) in [5, 5.41) is 0. The van der Waals surface area contributed by atoms with E-state index >= 15 is 0 Å². The molecule has 0 amide bonds. The maximum Gasteiger partial charge on any atom is 0.145 e. The fourth-order valence-electron chi connectivity index (χ4n) is 1.83. The molecule has 0 bridgehead atoms. The molecule has 1 unspecified atom stereocenters. The van der Waals surface area contributed by atoms with Gasteiger partial charge in [0.25, 0.3) is 0 Å². The molecular weight excluding hydrogens is 252 g/mol. The van der Waals surface area contributed by atoms with Crippen LogP contribution in [-0.4, -0.2) is 6.29 Å². The third-order valence-electron chi connectivity index (χ3n) is 2.75. The molecule has 2 heteroatoms. The van der Waals surface area contributed by atoms with E-state index in [0.29, 0.717) is 0 Å². The van der Waals surface area contributed by atoms with Crippen LogP contribution >= 0.6 is 11.8 Å². The van der Waals surface area contributed by atoms with Gasteiger partial charge in [-0.1, -0.05) is 55.1 Å². The van der Waals surface area contributed by atoms with Crippen LogP contribution in [0.25, 0.3) is 0 Å². The predicted molar refractivity (Wildman–Crippen MR) is 80.2 cm³/mol. The molecule has 0 N–H and O–H groups in total. The zero-order valence-corrected chi connectivity index (χ0v) is 11.3. The van der Waals surface area contributed by atoms with E-state index in [1.54, 1.807) is 6.08 Å². The van der Waals surface area contributed by atoms with Gasteiger partial charge in [-0.15, -0.1) is 17.5 Å². The first-order valence-electron chi connectivity index (χ1n) is 5.93. The Bertz CT molecular complexity index is 585. The first-order chi connectivity index (χ1) is 9.30. The normalized spacial score (nSPS) is 13.1. The molecule has 19 heavy (non-hydrogen) atoms. The monoisotopic (exact) mass is 266 g/mol. The Morgan fingerprint density at radius 1 is 1.00 bits per heavy atom. The van der Waals surface area contributed by atoms with Crippen molar-refractivity contribution in [3.05, 3.63) is 84.6 Å². The molecule has 1 nitrogen and oxygen atoms in total. The van der Waals surface area contributed by atoms with Gasteiger partial charge in [0.05, 0.1) is 0 Å². The van der Waals surface area contributed by atoms with Crippen LogP contribution in [0.2, 0.25) is 0 Å². The van der Waals surface area contributed by atoms with Crippen molar-refractivity contribution in [1.82, 2.24) is 0 Å². The van der Waals surface area contributed by atoms with Crippen LogP contribution in [0.15, 0.2) is 83.9 Å². The van der Waals surface area contributed by atoms with Crippen LogP contribution < -0.4 is 0 Å². The van der Waals surface area contributed by atoms with E-state index in [1.165, 1.54) is 11.8 Å². The molecule has 0 aromatic heterocycles. The summed E-state index contributed by atoms with van der Waals surface area (Å²) in [4.78, 5) is 12.7. The lowest BCUT2D eigenvalue weighted by molar-refractivity contribution is -0.109. The molecule has 0 fully saturated rings. The molecule has 0 aliphatic heterocycles. The Labute approximate surface area is 117 Å². The summed E-state index contributed by atoms with van der Waals surface area (Å²) < 4.78 is -0.773. The summed E-state index contributed by atoms with van der Waals surface area (Å²) in [6.07, 6.45) is 2.66. The van der Waals surface area contributed by atoms with Crippen LogP contribution in [0, 0.1) is 0 Å². The highest BCUT2D eigenvalue weighted by molar-refractivity contribution is 8.01. The second-order valence-electron chi connectivity index (χ2n) is 4.04. The zero-order valence-electron chi connectivity index (χ0n) is 10.5. The Kier molecular flexibility index (Phi) is 4.40. The number of carbonyl (C=O) groups excluding carboxylic acids is 1. The van der Waals surface area contributed by atoms with Crippen LogP contribution in [0.4, 0.5) is 0 Å². The van der Waals surface area contributed by atoms with Crippen molar-refractivity contribution in [3.8, 4) is 0 Å². The Morgan fingerprint density at radius 3 is 2.11 bits per heavy atom. The van der Waals surface area contributed by atoms with Gasteiger partial charge in [-0.3, -0.25) is 0 Å².